The Balaban J connectivity index is 0.000000486. The minimum Gasteiger partial charge on any atom is -0.465 e. The van der Waals surface area contributed by atoms with Gasteiger partial charge in [-0.2, -0.15) is 0 Å². The van der Waals surface area contributed by atoms with Gasteiger partial charge in [0.05, 0.1) is 0 Å². The monoisotopic (exact) mass is 312 g/mol. The molecule has 0 aliphatic heterocycles. The SMILES string of the molecule is CC(=O)CCCCl.CC(=O)OCC(C)(C)c1ccccc1. The molecule has 118 valence electrons. The summed E-state index contributed by atoms with van der Waals surface area (Å²) in [6.45, 7) is 7.55. The van der Waals surface area contributed by atoms with Crippen molar-refractivity contribution in [1.29, 1.82) is 0 Å². The summed E-state index contributed by atoms with van der Waals surface area (Å²) in [7, 11) is 0. The number of alkyl halides is 1. The third kappa shape index (κ3) is 10.1. The van der Waals surface area contributed by atoms with Crippen LogP contribution >= 0.6 is 11.6 Å². The largest absolute Gasteiger partial charge is 0.465 e. The summed E-state index contributed by atoms with van der Waals surface area (Å²) in [6.07, 6.45) is 1.44. The highest BCUT2D eigenvalue weighted by Gasteiger charge is 2.21. The van der Waals surface area contributed by atoms with Crippen LogP contribution in [0.15, 0.2) is 30.3 Å². The maximum Gasteiger partial charge on any atom is 0.302 e. The molecule has 21 heavy (non-hydrogen) atoms. The van der Waals surface area contributed by atoms with Crippen molar-refractivity contribution in [3.8, 4) is 0 Å². The van der Waals surface area contributed by atoms with Crippen molar-refractivity contribution in [2.75, 3.05) is 12.5 Å². The molecular weight excluding hydrogens is 288 g/mol. The molecule has 1 rings (SSSR count). The minimum absolute atomic E-state index is 0.118. The maximum absolute atomic E-state index is 10.7. The van der Waals surface area contributed by atoms with Gasteiger partial charge in [-0.1, -0.05) is 44.2 Å². The first-order valence-corrected chi connectivity index (χ1v) is 7.57. The lowest BCUT2D eigenvalue weighted by Gasteiger charge is -2.24. The Morgan fingerprint density at radius 1 is 1.14 bits per heavy atom. The summed E-state index contributed by atoms with van der Waals surface area (Å²) in [5.74, 6) is 0.592. The van der Waals surface area contributed by atoms with E-state index in [-0.39, 0.29) is 17.2 Å². The zero-order valence-electron chi connectivity index (χ0n) is 13.3. The van der Waals surface area contributed by atoms with Gasteiger partial charge in [0.15, 0.2) is 0 Å². The molecule has 0 atom stereocenters. The number of ketones is 1. The van der Waals surface area contributed by atoms with E-state index in [9.17, 15) is 9.59 Å². The third-order valence-electron chi connectivity index (χ3n) is 2.85. The van der Waals surface area contributed by atoms with Crippen molar-refractivity contribution in [3.63, 3.8) is 0 Å². The van der Waals surface area contributed by atoms with Crippen LogP contribution in [-0.2, 0) is 19.7 Å². The number of carbonyl (C=O) groups is 2. The molecule has 0 unspecified atom stereocenters. The van der Waals surface area contributed by atoms with Gasteiger partial charge in [0.1, 0.15) is 12.4 Å². The highest BCUT2D eigenvalue weighted by atomic mass is 35.5. The van der Waals surface area contributed by atoms with Gasteiger partial charge >= 0.3 is 5.97 Å². The second kappa shape index (κ2) is 10.4. The van der Waals surface area contributed by atoms with Crippen LogP contribution in [0.25, 0.3) is 0 Å². The van der Waals surface area contributed by atoms with E-state index in [0.29, 0.717) is 18.9 Å². The van der Waals surface area contributed by atoms with Crippen LogP contribution in [0.3, 0.4) is 0 Å². The summed E-state index contributed by atoms with van der Waals surface area (Å²) in [5.41, 5.74) is 1.06. The van der Waals surface area contributed by atoms with Gasteiger partial charge in [-0.15, -0.1) is 11.6 Å². The quantitative estimate of drug-likeness (QED) is 0.586. The van der Waals surface area contributed by atoms with Gasteiger partial charge in [-0.3, -0.25) is 4.79 Å². The van der Waals surface area contributed by atoms with Gasteiger partial charge in [-0.05, 0) is 18.9 Å². The van der Waals surface area contributed by atoms with Crippen molar-refractivity contribution in [2.45, 2.75) is 46.0 Å². The van der Waals surface area contributed by atoms with Crippen LogP contribution in [0, 0.1) is 0 Å². The lowest BCUT2D eigenvalue weighted by atomic mass is 9.86. The Kier molecular flexibility index (Phi) is 9.72. The van der Waals surface area contributed by atoms with E-state index in [1.165, 1.54) is 12.5 Å². The molecule has 0 fully saturated rings. The Morgan fingerprint density at radius 2 is 1.71 bits per heavy atom. The standard InChI is InChI=1S/C12H16O2.C5H9ClO/c1-10(13)14-9-12(2,3)11-7-5-4-6-8-11;1-5(7)3-2-4-6/h4-8H,9H2,1-3H3;2-4H2,1H3. The molecule has 0 bridgehead atoms. The molecule has 0 aromatic heterocycles. The maximum atomic E-state index is 10.7. The zero-order valence-corrected chi connectivity index (χ0v) is 14.1. The summed E-state index contributed by atoms with van der Waals surface area (Å²) in [5, 5.41) is 0. The zero-order chi connectivity index (χ0) is 16.3. The van der Waals surface area contributed by atoms with Crippen LogP contribution in [-0.4, -0.2) is 24.2 Å². The molecule has 0 aliphatic carbocycles. The predicted molar refractivity (Wildman–Crippen MR) is 86.7 cm³/mol. The molecule has 0 aliphatic rings. The fraction of sp³-hybridized carbons (Fsp3) is 0.529. The van der Waals surface area contributed by atoms with E-state index in [0.717, 1.165) is 6.42 Å². The molecular formula is C17H25ClO3. The number of ether oxygens (including phenoxy) is 1. The molecule has 1 aromatic carbocycles. The van der Waals surface area contributed by atoms with Gasteiger partial charge in [0, 0.05) is 24.6 Å². The normalized spacial score (nSPS) is 10.3. The van der Waals surface area contributed by atoms with Gasteiger partial charge in [0.25, 0.3) is 0 Å². The van der Waals surface area contributed by atoms with E-state index in [1.807, 2.05) is 30.3 Å². The molecule has 0 amide bonds. The second-order valence-corrected chi connectivity index (χ2v) is 5.90. The van der Waals surface area contributed by atoms with Crippen molar-refractivity contribution in [1.82, 2.24) is 0 Å². The van der Waals surface area contributed by atoms with Gasteiger partial charge in [0.2, 0.25) is 0 Å². The predicted octanol–water partition coefficient (Wildman–Crippen LogP) is 4.12. The highest BCUT2D eigenvalue weighted by molar-refractivity contribution is 6.17. The van der Waals surface area contributed by atoms with E-state index in [2.05, 4.69) is 13.8 Å². The highest BCUT2D eigenvalue weighted by Crippen LogP contribution is 2.22. The average molecular weight is 313 g/mol. The first-order valence-electron chi connectivity index (χ1n) is 7.04. The molecule has 0 spiro atoms. The number of carbonyl (C=O) groups excluding carboxylic acids is 2. The fourth-order valence-corrected chi connectivity index (χ4v) is 1.70. The summed E-state index contributed by atoms with van der Waals surface area (Å²) in [4.78, 5) is 20.8. The molecule has 0 saturated heterocycles. The molecule has 0 radical (unpaired) electrons. The van der Waals surface area contributed by atoms with Gasteiger partial charge < -0.3 is 9.53 Å². The number of esters is 1. The summed E-state index contributed by atoms with van der Waals surface area (Å²) >= 11 is 5.29. The topological polar surface area (TPSA) is 43.4 Å². The number of Topliss-reactive ketones (excluding diaryl/α,β-unsaturated/α-hetero) is 1. The van der Waals surface area contributed by atoms with Gasteiger partial charge in [-0.25, -0.2) is 0 Å². The minimum atomic E-state index is -0.228. The van der Waals surface area contributed by atoms with Crippen LogP contribution < -0.4 is 0 Å². The molecule has 0 heterocycles. The number of halogens is 1. The lowest BCUT2D eigenvalue weighted by molar-refractivity contribution is -0.142. The van der Waals surface area contributed by atoms with Crippen molar-refractivity contribution < 1.29 is 14.3 Å². The summed E-state index contributed by atoms with van der Waals surface area (Å²) in [6, 6.07) is 10.0. The van der Waals surface area contributed by atoms with Crippen LogP contribution in [0.1, 0.15) is 46.1 Å². The molecule has 1 aromatic rings. The fourth-order valence-electron chi connectivity index (χ4n) is 1.57. The van der Waals surface area contributed by atoms with E-state index in [4.69, 9.17) is 16.3 Å². The number of hydrogen-bond donors (Lipinski definition) is 0. The summed E-state index contributed by atoms with van der Waals surface area (Å²) < 4.78 is 5.02. The number of rotatable bonds is 6. The smallest absolute Gasteiger partial charge is 0.302 e. The molecule has 0 N–H and O–H groups in total. The molecule has 3 nitrogen and oxygen atoms in total. The molecule has 4 heteroatoms. The van der Waals surface area contributed by atoms with Crippen molar-refractivity contribution in [2.24, 2.45) is 0 Å². The average Bonchev–Trinajstić information content (AvgIpc) is 2.45. The first-order chi connectivity index (χ1) is 9.79. The van der Waals surface area contributed by atoms with Crippen LogP contribution in [0.2, 0.25) is 0 Å². The first kappa shape index (κ1) is 19.7. The number of benzene rings is 1. The van der Waals surface area contributed by atoms with Crippen LogP contribution in [0.4, 0.5) is 0 Å². The van der Waals surface area contributed by atoms with Crippen molar-refractivity contribution in [3.05, 3.63) is 35.9 Å². The Hall–Kier alpha value is -1.35. The lowest BCUT2D eigenvalue weighted by Crippen LogP contribution is -2.25. The third-order valence-corrected chi connectivity index (χ3v) is 3.12. The van der Waals surface area contributed by atoms with Crippen LogP contribution in [0.5, 0.6) is 0 Å². The van der Waals surface area contributed by atoms with E-state index < -0.39 is 0 Å². The Morgan fingerprint density at radius 3 is 2.10 bits per heavy atom. The molecule has 0 saturated carbocycles. The van der Waals surface area contributed by atoms with E-state index >= 15 is 0 Å². The second-order valence-electron chi connectivity index (χ2n) is 5.52. The number of hydrogen-bond acceptors (Lipinski definition) is 3. The Bertz CT molecular complexity index is 427. The van der Waals surface area contributed by atoms with E-state index in [1.54, 1.807) is 6.92 Å². The van der Waals surface area contributed by atoms with Crippen molar-refractivity contribution >= 4 is 23.4 Å². The Labute approximate surface area is 132 Å².